The number of carbonyl (C=O) groups excluding carboxylic acids is 1. The van der Waals surface area contributed by atoms with Crippen LogP contribution in [0.2, 0.25) is 0 Å². The van der Waals surface area contributed by atoms with Crippen molar-refractivity contribution in [2.24, 2.45) is 0 Å². The Kier molecular flexibility index (Phi) is 7.07. The van der Waals surface area contributed by atoms with Crippen LogP contribution < -0.4 is 21.9 Å². The molecule has 2 aromatic heterocycles. The van der Waals surface area contributed by atoms with Crippen LogP contribution in [0.25, 0.3) is 11.2 Å². The first kappa shape index (κ1) is 23.5. The molecule has 2 heterocycles. The third kappa shape index (κ3) is 5.94. The molecule has 0 radical (unpaired) electrons. The molecule has 172 valence electrons. The van der Waals surface area contributed by atoms with E-state index in [1.54, 1.807) is 12.1 Å². The Morgan fingerprint density at radius 1 is 1.15 bits per heavy atom. The van der Waals surface area contributed by atoms with Crippen molar-refractivity contribution in [3.8, 4) is 0 Å². The zero-order chi connectivity index (χ0) is 24.1. The monoisotopic (exact) mass is 473 g/mol. The lowest BCUT2D eigenvalue weighted by molar-refractivity contribution is -0.140. The maximum absolute atomic E-state index is 12.3. The molecule has 7 N–H and O–H groups in total. The Labute approximate surface area is 190 Å². The SMILES string of the molecule is Nc1nc2ncc([C@@H](S)Nc3ccc(C(=O)N[C@@H](CCC(=O)O)C(=O)O)cc3)nc2c(=O)[nH]1. The molecule has 0 saturated carbocycles. The molecule has 1 aromatic carbocycles. The number of carboxylic acids is 2. The van der Waals surface area contributed by atoms with Crippen LogP contribution in [0.15, 0.2) is 35.3 Å². The van der Waals surface area contributed by atoms with Gasteiger partial charge in [0.25, 0.3) is 11.5 Å². The highest BCUT2D eigenvalue weighted by molar-refractivity contribution is 7.80. The highest BCUT2D eigenvalue weighted by Gasteiger charge is 2.21. The van der Waals surface area contributed by atoms with E-state index in [1.165, 1.54) is 18.3 Å². The number of aromatic amines is 1. The highest BCUT2D eigenvalue weighted by Crippen LogP contribution is 2.22. The van der Waals surface area contributed by atoms with Crippen LogP contribution in [0.1, 0.15) is 34.3 Å². The average Bonchev–Trinajstić information content (AvgIpc) is 2.76. The lowest BCUT2D eigenvalue weighted by Gasteiger charge is -2.15. The largest absolute Gasteiger partial charge is 0.481 e. The number of thiol groups is 1. The zero-order valence-electron chi connectivity index (χ0n) is 16.8. The summed E-state index contributed by atoms with van der Waals surface area (Å²) in [4.78, 5) is 60.7. The third-order valence-corrected chi connectivity index (χ3v) is 4.83. The summed E-state index contributed by atoms with van der Waals surface area (Å²) >= 11 is 4.42. The molecular formula is C19H19N7O6S. The van der Waals surface area contributed by atoms with Crippen molar-refractivity contribution in [2.45, 2.75) is 24.3 Å². The van der Waals surface area contributed by atoms with Gasteiger partial charge in [-0.2, -0.15) is 4.98 Å². The van der Waals surface area contributed by atoms with E-state index in [-0.39, 0.29) is 29.1 Å². The Hall–Kier alpha value is -4.20. The van der Waals surface area contributed by atoms with Crippen LogP contribution >= 0.6 is 12.6 Å². The van der Waals surface area contributed by atoms with Gasteiger partial charge in [-0.05, 0) is 30.7 Å². The van der Waals surface area contributed by atoms with E-state index in [0.717, 1.165) is 0 Å². The number of rotatable bonds is 9. The molecule has 0 spiro atoms. The van der Waals surface area contributed by atoms with E-state index < -0.39 is 41.2 Å². The van der Waals surface area contributed by atoms with Gasteiger partial charge < -0.3 is 26.6 Å². The molecule has 33 heavy (non-hydrogen) atoms. The lowest BCUT2D eigenvalue weighted by atomic mass is 10.1. The summed E-state index contributed by atoms with van der Waals surface area (Å²) in [5.41, 5.74) is 6.12. The number of hydrogen-bond donors (Lipinski definition) is 7. The number of hydrogen-bond acceptors (Lipinski definition) is 10. The van der Waals surface area contributed by atoms with Crippen molar-refractivity contribution < 1.29 is 24.6 Å². The van der Waals surface area contributed by atoms with Gasteiger partial charge in [0.1, 0.15) is 11.4 Å². The number of nitrogens with zero attached hydrogens (tertiary/aromatic N) is 3. The van der Waals surface area contributed by atoms with Crippen LogP contribution in [0.4, 0.5) is 11.6 Å². The Bertz CT molecular complexity index is 1260. The quantitative estimate of drug-likeness (QED) is 0.167. The van der Waals surface area contributed by atoms with Gasteiger partial charge in [0, 0.05) is 17.7 Å². The molecule has 0 aliphatic heterocycles. The minimum Gasteiger partial charge on any atom is -0.481 e. The lowest BCUT2D eigenvalue weighted by Crippen LogP contribution is -2.41. The Balaban J connectivity index is 1.68. The smallest absolute Gasteiger partial charge is 0.326 e. The second-order valence-corrected chi connectivity index (χ2v) is 7.36. The molecule has 2 atom stereocenters. The summed E-state index contributed by atoms with van der Waals surface area (Å²) < 4.78 is 0. The number of nitrogens with two attached hydrogens (primary N) is 1. The summed E-state index contributed by atoms with van der Waals surface area (Å²) in [7, 11) is 0. The van der Waals surface area contributed by atoms with E-state index in [9.17, 15) is 19.2 Å². The summed E-state index contributed by atoms with van der Waals surface area (Å²) in [5.74, 6) is -3.22. The third-order valence-electron chi connectivity index (χ3n) is 4.44. The van der Waals surface area contributed by atoms with Gasteiger partial charge in [0.15, 0.2) is 11.2 Å². The van der Waals surface area contributed by atoms with Gasteiger partial charge in [-0.25, -0.2) is 14.8 Å². The second kappa shape index (κ2) is 9.95. The number of carbonyl (C=O) groups is 3. The Morgan fingerprint density at radius 3 is 2.48 bits per heavy atom. The van der Waals surface area contributed by atoms with E-state index in [2.05, 4.69) is 43.2 Å². The van der Waals surface area contributed by atoms with E-state index >= 15 is 0 Å². The van der Waals surface area contributed by atoms with Crippen molar-refractivity contribution >= 4 is 53.3 Å². The molecule has 13 nitrogen and oxygen atoms in total. The van der Waals surface area contributed by atoms with Gasteiger partial charge in [-0.1, -0.05) is 0 Å². The van der Waals surface area contributed by atoms with Crippen LogP contribution in [-0.4, -0.2) is 54.0 Å². The first-order valence-electron chi connectivity index (χ1n) is 9.46. The van der Waals surface area contributed by atoms with E-state index in [4.69, 9.17) is 15.9 Å². The fraction of sp³-hybridized carbons (Fsp3) is 0.211. The fourth-order valence-corrected chi connectivity index (χ4v) is 3.07. The molecule has 0 bridgehead atoms. The van der Waals surface area contributed by atoms with Gasteiger partial charge in [-0.3, -0.25) is 19.4 Å². The maximum Gasteiger partial charge on any atom is 0.326 e. The minimum absolute atomic E-state index is 0.00505. The molecule has 0 unspecified atom stereocenters. The summed E-state index contributed by atoms with van der Waals surface area (Å²) in [6.45, 7) is 0. The zero-order valence-corrected chi connectivity index (χ0v) is 17.7. The van der Waals surface area contributed by atoms with Crippen molar-refractivity contribution in [3.63, 3.8) is 0 Å². The molecule has 0 aliphatic carbocycles. The summed E-state index contributed by atoms with van der Waals surface area (Å²) in [6, 6.07) is 4.71. The number of amides is 1. The number of anilines is 2. The van der Waals surface area contributed by atoms with Crippen molar-refractivity contribution in [3.05, 3.63) is 52.1 Å². The average molecular weight is 473 g/mol. The number of aliphatic carboxylic acids is 2. The second-order valence-electron chi connectivity index (χ2n) is 6.84. The van der Waals surface area contributed by atoms with Gasteiger partial charge in [-0.15, -0.1) is 12.6 Å². The van der Waals surface area contributed by atoms with Crippen molar-refractivity contribution in [1.82, 2.24) is 25.3 Å². The van der Waals surface area contributed by atoms with E-state index in [1.807, 2.05) is 0 Å². The molecule has 3 rings (SSSR count). The van der Waals surface area contributed by atoms with Crippen LogP contribution in [-0.2, 0) is 9.59 Å². The molecule has 14 heteroatoms. The normalized spacial score (nSPS) is 12.6. The summed E-state index contributed by atoms with van der Waals surface area (Å²) in [5, 5.41) is 22.5. The standard InChI is InChI=1S/C19H19N7O6S/c20-19-25-14-13(16(30)26-19)23-11(7-21-14)17(33)22-9-3-1-8(2-4-9)15(29)24-10(18(31)32)5-6-12(27)28/h1-4,7,10,17,22,33H,5-6H2,(H,24,29)(H,27,28)(H,31,32)(H3,20,21,25,26,30)/t10-,17+/m0/s1. The number of nitrogen functional groups attached to an aromatic ring is 1. The predicted octanol–water partition coefficient (Wildman–Crippen LogP) is 0.384. The molecular weight excluding hydrogens is 454 g/mol. The first-order chi connectivity index (χ1) is 15.6. The number of aromatic nitrogens is 4. The summed E-state index contributed by atoms with van der Waals surface area (Å²) in [6.07, 6.45) is 0.759. The van der Waals surface area contributed by atoms with Crippen LogP contribution in [0.3, 0.4) is 0 Å². The van der Waals surface area contributed by atoms with Crippen molar-refractivity contribution in [1.29, 1.82) is 0 Å². The molecule has 0 saturated heterocycles. The topological polar surface area (TPSA) is 213 Å². The number of carboxylic acid groups (broad SMARTS) is 2. The molecule has 1 amide bonds. The van der Waals surface area contributed by atoms with Crippen molar-refractivity contribution in [2.75, 3.05) is 11.1 Å². The Morgan fingerprint density at radius 2 is 1.85 bits per heavy atom. The number of fused-ring (bicyclic) bond motifs is 1. The maximum atomic E-state index is 12.3. The highest BCUT2D eigenvalue weighted by atomic mass is 32.1. The van der Waals surface area contributed by atoms with Gasteiger partial charge in [0.2, 0.25) is 5.95 Å². The van der Waals surface area contributed by atoms with Gasteiger partial charge in [0.05, 0.1) is 11.9 Å². The molecule has 0 fully saturated rings. The number of benzene rings is 1. The molecule has 0 aliphatic rings. The molecule has 3 aromatic rings. The number of H-pyrrole nitrogens is 1. The van der Waals surface area contributed by atoms with Crippen LogP contribution in [0, 0.1) is 0 Å². The number of nitrogens with one attached hydrogen (secondary N) is 3. The minimum atomic E-state index is -1.33. The predicted molar refractivity (Wildman–Crippen MR) is 120 cm³/mol. The fourth-order valence-electron chi connectivity index (χ4n) is 2.80. The van der Waals surface area contributed by atoms with Crippen LogP contribution in [0.5, 0.6) is 0 Å². The van der Waals surface area contributed by atoms with Gasteiger partial charge >= 0.3 is 11.9 Å². The first-order valence-corrected chi connectivity index (χ1v) is 9.98. The van der Waals surface area contributed by atoms with E-state index in [0.29, 0.717) is 11.4 Å².